The fourth-order valence-electron chi connectivity index (χ4n) is 2.62. The van der Waals surface area contributed by atoms with Gasteiger partial charge in [-0.2, -0.15) is 0 Å². The molecule has 2 aromatic rings. The van der Waals surface area contributed by atoms with Crippen LogP contribution in [0.4, 0.5) is 5.69 Å². The van der Waals surface area contributed by atoms with Crippen molar-refractivity contribution in [3.05, 3.63) is 48.0 Å². The molecule has 28 heavy (non-hydrogen) atoms. The van der Waals surface area contributed by atoms with Gasteiger partial charge in [-0.25, -0.2) is 0 Å². The molecule has 0 aliphatic rings. The van der Waals surface area contributed by atoms with Crippen molar-refractivity contribution in [2.45, 2.75) is 6.10 Å². The Morgan fingerprint density at radius 3 is 2.18 bits per heavy atom. The summed E-state index contributed by atoms with van der Waals surface area (Å²) in [6.45, 7) is 0.106. The normalized spacial score (nSPS) is 11.3. The minimum Gasteiger partial charge on any atom is -0.496 e. The number of rotatable bonds is 8. The zero-order valence-electron chi connectivity index (χ0n) is 16.3. The molecule has 150 valence electrons. The van der Waals surface area contributed by atoms with Crippen molar-refractivity contribution >= 4 is 17.5 Å². The molecule has 8 nitrogen and oxygen atoms in total. The lowest BCUT2D eigenvalue weighted by molar-refractivity contribution is -0.136. The number of benzene rings is 2. The Morgan fingerprint density at radius 1 is 0.857 bits per heavy atom. The predicted molar refractivity (Wildman–Crippen MR) is 104 cm³/mol. The molecule has 0 heterocycles. The maximum Gasteiger partial charge on any atom is 0.313 e. The lowest BCUT2D eigenvalue weighted by Gasteiger charge is -2.19. The molecule has 0 spiro atoms. The number of anilines is 1. The zero-order valence-corrected chi connectivity index (χ0v) is 16.3. The van der Waals surface area contributed by atoms with Crippen molar-refractivity contribution in [1.82, 2.24) is 5.32 Å². The second-order valence-electron chi connectivity index (χ2n) is 5.70. The van der Waals surface area contributed by atoms with Gasteiger partial charge >= 0.3 is 11.8 Å². The van der Waals surface area contributed by atoms with Gasteiger partial charge in [0.05, 0.1) is 21.3 Å². The number of amides is 2. The fourth-order valence-corrected chi connectivity index (χ4v) is 2.62. The number of para-hydroxylation sites is 1. The molecule has 8 heteroatoms. The van der Waals surface area contributed by atoms with Crippen molar-refractivity contribution in [2.75, 3.05) is 40.3 Å². The van der Waals surface area contributed by atoms with E-state index in [1.54, 1.807) is 31.4 Å². The molecule has 2 rings (SSSR count). The number of nitrogens with one attached hydrogen (secondary N) is 2. The highest BCUT2D eigenvalue weighted by molar-refractivity contribution is 6.39. The van der Waals surface area contributed by atoms with E-state index >= 15 is 0 Å². The predicted octanol–water partition coefficient (Wildman–Crippen LogP) is 2.15. The Kier molecular flexibility index (Phi) is 7.65. The summed E-state index contributed by atoms with van der Waals surface area (Å²) in [7, 11) is 6.07. The lowest BCUT2D eigenvalue weighted by Crippen LogP contribution is -2.38. The Morgan fingerprint density at radius 2 is 1.54 bits per heavy atom. The van der Waals surface area contributed by atoms with Crippen LogP contribution in [0.2, 0.25) is 0 Å². The molecule has 2 aromatic carbocycles. The van der Waals surface area contributed by atoms with Gasteiger partial charge in [-0.05, 0) is 18.2 Å². The van der Waals surface area contributed by atoms with Gasteiger partial charge in [0.2, 0.25) is 0 Å². The summed E-state index contributed by atoms with van der Waals surface area (Å²) in [5.74, 6) is 0.00762. The largest absolute Gasteiger partial charge is 0.496 e. The molecule has 1 unspecified atom stereocenters. The SMILES string of the molecule is COc1ccc(NC(=O)C(=O)NCC(OC)c2ccccc2OC)cc1OC. The van der Waals surface area contributed by atoms with Gasteiger partial charge in [-0.3, -0.25) is 9.59 Å². The van der Waals surface area contributed by atoms with E-state index in [1.807, 2.05) is 18.2 Å². The number of methoxy groups -OCH3 is 4. The number of carbonyl (C=O) groups excluding carboxylic acids is 2. The van der Waals surface area contributed by atoms with E-state index in [4.69, 9.17) is 18.9 Å². The van der Waals surface area contributed by atoms with Crippen LogP contribution >= 0.6 is 0 Å². The molecule has 0 saturated heterocycles. The van der Waals surface area contributed by atoms with E-state index in [1.165, 1.54) is 21.3 Å². The molecule has 0 fully saturated rings. The van der Waals surface area contributed by atoms with Crippen molar-refractivity contribution in [2.24, 2.45) is 0 Å². The molecule has 2 N–H and O–H groups in total. The van der Waals surface area contributed by atoms with E-state index in [9.17, 15) is 9.59 Å². The highest BCUT2D eigenvalue weighted by Gasteiger charge is 2.20. The third-order valence-electron chi connectivity index (χ3n) is 4.07. The molecule has 1 atom stereocenters. The Bertz CT molecular complexity index is 824. The summed E-state index contributed by atoms with van der Waals surface area (Å²) in [4.78, 5) is 24.3. The molecular formula is C20H24N2O6. The molecule has 0 bridgehead atoms. The third-order valence-corrected chi connectivity index (χ3v) is 4.07. The lowest BCUT2D eigenvalue weighted by atomic mass is 10.1. The van der Waals surface area contributed by atoms with E-state index in [0.717, 1.165) is 5.56 Å². The minimum absolute atomic E-state index is 0.106. The molecule has 0 aliphatic heterocycles. The van der Waals surface area contributed by atoms with Gasteiger partial charge < -0.3 is 29.6 Å². The van der Waals surface area contributed by atoms with E-state index < -0.39 is 17.9 Å². The van der Waals surface area contributed by atoms with Crippen molar-refractivity contribution in [3.8, 4) is 17.2 Å². The van der Waals surface area contributed by atoms with Crippen molar-refractivity contribution in [1.29, 1.82) is 0 Å². The number of ether oxygens (including phenoxy) is 4. The first-order valence-corrected chi connectivity index (χ1v) is 8.51. The highest BCUT2D eigenvalue weighted by atomic mass is 16.5. The number of carbonyl (C=O) groups is 2. The smallest absolute Gasteiger partial charge is 0.313 e. The van der Waals surface area contributed by atoms with Gasteiger partial charge in [0.15, 0.2) is 11.5 Å². The van der Waals surface area contributed by atoms with Crippen LogP contribution in [0.15, 0.2) is 42.5 Å². The summed E-state index contributed by atoms with van der Waals surface area (Å²) >= 11 is 0. The Labute approximate surface area is 163 Å². The summed E-state index contributed by atoms with van der Waals surface area (Å²) in [6.07, 6.45) is -0.464. The Hall–Kier alpha value is -3.26. The molecule has 2 amide bonds. The van der Waals surface area contributed by atoms with Crippen LogP contribution in [0.5, 0.6) is 17.2 Å². The van der Waals surface area contributed by atoms with Crippen LogP contribution < -0.4 is 24.8 Å². The third kappa shape index (κ3) is 5.14. The second kappa shape index (κ2) is 10.2. The van der Waals surface area contributed by atoms with Crippen LogP contribution in [0.3, 0.4) is 0 Å². The second-order valence-corrected chi connectivity index (χ2v) is 5.70. The van der Waals surface area contributed by atoms with Gasteiger partial charge in [0.1, 0.15) is 11.9 Å². The van der Waals surface area contributed by atoms with Crippen LogP contribution in [0.1, 0.15) is 11.7 Å². The van der Waals surface area contributed by atoms with Crippen LogP contribution in [0, 0.1) is 0 Å². The van der Waals surface area contributed by atoms with E-state index in [0.29, 0.717) is 22.9 Å². The molecule has 0 saturated carbocycles. The maximum absolute atomic E-state index is 12.2. The number of hydrogen-bond acceptors (Lipinski definition) is 6. The number of hydrogen-bond donors (Lipinski definition) is 2. The monoisotopic (exact) mass is 388 g/mol. The van der Waals surface area contributed by atoms with Gasteiger partial charge in [0.25, 0.3) is 0 Å². The highest BCUT2D eigenvalue weighted by Crippen LogP contribution is 2.29. The average Bonchev–Trinajstić information content (AvgIpc) is 2.74. The van der Waals surface area contributed by atoms with E-state index in [2.05, 4.69) is 10.6 Å². The van der Waals surface area contributed by atoms with Gasteiger partial charge in [0, 0.05) is 31.0 Å². The Balaban J connectivity index is 1.99. The standard InChI is InChI=1S/C20H24N2O6/c1-25-15-8-6-5-7-14(15)18(28-4)12-21-19(23)20(24)22-13-9-10-16(26-2)17(11-13)27-3/h5-11,18H,12H2,1-4H3,(H,21,23)(H,22,24). The van der Waals surface area contributed by atoms with E-state index in [-0.39, 0.29) is 6.54 Å². The summed E-state index contributed by atoms with van der Waals surface area (Å²) < 4.78 is 21.1. The first-order valence-electron chi connectivity index (χ1n) is 8.51. The van der Waals surface area contributed by atoms with Crippen LogP contribution in [0.25, 0.3) is 0 Å². The topological polar surface area (TPSA) is 95.1 Å². The average molecular weight is 388 g/mol. The summed E-state index contributed by atoms with van der Waals surface area (Å²) in [6, 6.07) is 12.1. The molecule has 0 radical (unpaired) electrons. The first-order chi connectivity index (χ1) is 13.5. The molecule has 0 aliphatic carbocycles. The van der Waals surface area contributed by atoms with Crippen LogP contribution in [-0.2, 0) is 14.3 Å². The fraction of sp³-hybridized carbons (Fsp3) is 0.300. The van der Waals surface area contributed by atoms with Crippen molar-refractivity contribution in [3.63, 3.8) is 0 Å². The van der Waals surface area contributed by atoms with Gasteiger partial charge in [-0.15, -0.1) is 0 Å². The zero-order chi connectivity index (χ0) is 20.5. The first kappa shape index (κ1) is 21.0. The molecule has 0 aromatic heterocycles. The van der Waals surface area contributed by atoms with Crippen molar-refractivity contribution < 1.29 is 28.5 Å². The quantitative estimate of drug-likeness (QED) is 0.673. The summed E-state index contributed by atoms with van der Waals surface area (Å²) in [5, 5.41) is 5.09. The maximum atomic E-state index is 12.2. The van der Waals surface area contributed by atoms with Crippen LogP contribution in [-0.4, -0.2) is 46.8 Å². The van der Waals surface area contributed by atoms with Gasteiger partial charge in [-0.1, -0.05) is 18.2 Å². The minimum atomic E-state index is -0.804. The molecular weight excluding hydrogens is 364 g/mol. The summed E-state index contributed by atoms with van der Waals surface area (Å²) in [5.41, 5.74) is 1.18.